The molecule has 1 unspecified atom stereocenters. The highest BCUT2D eigenvalue weighted by Crippen LogP contribution is 2.20. The van der Waals surface area contributed by atoms with Crippen LogP contribution in [0.2, 0.25) is 0 Å². The van der Waals surface area contributed by atoms with Gasteiger partial charge in [0.25, 0.3) is 0 Å². The molecule has 1 rings (SSSR count). The van der Waals surface area contributed by atoms with Gasteiger partial charge in [0.15, 0.2) is 0 Å². The minimum absolute atomic E-state index is 0.252. The first-order valence-electron chi connectivity index (χ1n) is 6.31. The van der Waals surface area contributed by atoms with E-state index in [0.717, 1.165) is 11.1 Å². The van der Waals surface area contributed by atoms with E-state index < -0.39 is 12.0 Å². The summed E-state index contributed by atoms with van der Waals surface area (Å²) in [4.78, 5) is 13.4. The van der Waals surface area contributed by atoms with Gasteiger partial charge in [-0.25, -0.2) is 0 Å². The summed E-state index contributed by atoms with van der Waals surface area (Å²) in [7, 11) is 3.85. The standard InChI is InChI=1S/C14H22N2O3/c1-4-19-14(18)12(15)8-10-5-6-13(17)11(7-10)9-16(2)3/h5-7,12,17H,4,8-9,15H2,1-3H3. The lowest BCUT2D eigenvalue weighted by Gasteiger charge is -2.14. The average Bonchev–Trinajstić information content (AvgIpc) is 2.33. The number of carbonyl (C=O) groups is 1. The Morgan fingerprint density at radius 2 is 2.16 bits per heavy atom. The molecule has 0 amide bonds. The molecule has 0 bridgehead atoms. The van der Waals surface area contributed by atoms with E-state index in [4.69, 9.17) is 10.5 Å². The van der Waals surface area contributed by atoms with Gasteiger partial charge in [-0.15, -0.1) is 0 Å². The van der Waals surface area contributed by atoms with Crippen molar-refractivity contribution in [3.8, 4) is 5.75 Å². The Morgan fingerprint density at radius 1 is 1.47 bits per heavy atom. The number of phenols is 1. The van der Waals surface area contributed by atoms with Gasteiger partial charge in [0, 0.05) is 12.1 Å². The van der Waals surface area contributed by atoms with Crippen molar-refractivity contribution in [2.45, 2.75) is 25.9 Å². The number of ether oxygens (including phenoxy) is 1. The number of hydrogen-bond acceptors (Lipinski definition) is 5. The Balaban J connectivity index is 2.76. The minimum Gasteiger partial charge on any atom is -0.508 e. The highest BCUT2D eigenvalue weighted by Gasteiger charge is 2.15. The molecule has 0 saturated heterocycles. The molecule has 0 spiro atoms. The topological polar surface area (TPSA) is 75.8 Å². The molecule has 19 heavy (non-hydrogen) atoms. The number of aromatic hydroxyl groups is 1. The average molecular weight is 266 g/mol. The van der Waals surface area contributed by atoms with Crippen LogP contribution in [-0.2, 0) is 22.5 Å². The first-order chi connectivity index (χ1) is 8.93. The molecule has 3 N–H and O–H groups in total. The van der Waals surface area contributed by atoms with E-state index in [1.807, 2.05) is 25.1 Å². The van der Waals surface area contributed by atoms with Crippen molar-refractivity contribution in [3.63, 3.8) is 0 Å². The maximum atomic E-state index is 11.5. The summed E-state index contributed by atoms with van der Waals surface area (Å²) in [6.45, 7) is 2.71. The monoisotopic (exact) mass is 266 g/mol. The first kappa shape index (κ1) is 15.5. The molecule has 106 valence electrons. The van der Waals surface area contributed by atoms with Gasteiger partial charge in [0.05, 0.1) is 6.61 Å². The predicted molar refractivity (Wildman–Crippen MR) is 73.8 cm³/mol. The van der Waals surface area contributed by atoms with Gasteiger partial charge in [-0.05, 0) is 39.1 Å². The zero-order chi connectivity index (χ0) is 14.4. The van der Waals surface area contributed by atoms with Crippen LogP contribution in [0.15, 0.2) is 18.2 Å². The van der Waals surface area contributed by atoms with E-state index in [1.165, 1.54) is 0 Å². The van der Waals surface area contributed by atoms with Crippen LogP contribution < -0.4 is 5.73 Å². The molecule has 0 aromatic heterocycles. The first-order valence-corrected chi connectivity index (χ1v) is 6.31. The Bertz CT molecular complexity index is 433. The predicted octanol–water partition coefficient (Wildman–Crippen LogP) is 0.887. The molecule has 0 heterocycles. The number of carbonyl (C=O) groups excluding carboxylic acids is 1. The molecular weight excluding hydrogens is 244 g/mol. The second kappa shape index (κ2) is 7.11. The molecule has 0 saturated carbocycles. The third-order valence-electron chi connectivity index (χ3n) is 2.68. The Morgan fingerprint density at radius 3 is 2.74 bits per heavy atom. The van der Waals surface area contributed by atoms with E-state index in [2.05, 4.69) is 0 Å². The molecule has 0 radical (unpaired) electrons. The third kappa shape index (κ3) is 4.89. The Kier molecular flexibility index (Phi) is 5.79. The summed E-state index contributed by atoms with van der Waals surface area (Å²) in [6.07, 6.45) is 0.402. The molecule has 0 aliphatic carbocycles. The zero-order valence-electron chi connectivity index (χ0n) is 11.7. The highest BCUT2D eigenvalue weighted by molar-refractivity contribution is 5.75. The molecule has 5 heteroatoms. The maximum absolute atomic E-state index is 11.5. The van der Waals surface area contributed by atoms with E-state index >= 15 is 0 Å². The van der Waals surface area contributed by atoms with Crippen LogP contribution in [0.4, 0.5) is 0 Å². The van der Waals surface area contributed by atoms with Gasteiger partial charge >= 0.3 is 5.97 Å². The smallest absolute Gasteiger partial charge is 0.323 e. The number of rotatable bonds is 6. The van der Waals surface area contributed by atoms with Gasteiger partial charge in [-0.3, -0.25) is 4.79 Å². The molecular formula is C14H22N2O3. The summed E-state index contributed by atoms with van der Waals surface area (Å²) in [5.41, 5.74) is 7.51. The minimum atomic E-state index is -0.670. The molecule has 5 nitrogen and oxygen atoms in total. The van der Waals surface area contributed by atoms with Crippen molar-refractivity contribution >= 4 is 5.97 Å². The van der Waals surface area contributed by atoms with Crippen molar-refractivity contribution in [2.24, 2.45) is 5.73 Å². The van der Waals surface area contributed by atoms with Crippen LogP contribution in [0, 0.1) is 0 Å². The number of nitrogens with two attached hydrogens (primary N) is 1. The maximum Gasteiger partial charge on any atom is 0.323 e. The van der Waals surface area contributed by atoms with Crippen LogP contribution >= 0.6 is 0 Å². The normalized spacial score (nSPS) is 12.5. The Hall–Kier alpha value is -1.59. The van der Waals surface area contributed by atoms with Gasteiger partial charge < -0.3 is 20.5 Å². The SMILES string of the molecule is CCOC(=O)C(N)Cc1ccc(O)c(CN(C)C)c1. The molecule has 1 atom stereocenters. The quantitative estimate of drug-likeness (QED) is 0.748. The molecule has 1 aromatic carbocycles. The molecule has 0 fully saturated rings. The number of phenolic OH excluding ortho intramolecular Hbond substituents is 1. The second-order valence-corrected chi connectivity index (χ2v) is 4.76. The number of hydrogen-bond donors (Lipinski definition) is 2. The van der Waals surface area contributed by atoms with Crippen LogP contribution in [-0.4, -0.2) is 42.7 Å². The van der Waals surface area contributed by atoms with Gasteiger partial charge in [-0.2, -0.15) is 0 Å². The summed E-state index contributed by atoms with van der Waals surface area (Å²) < 4.78 is 4.87. The fourth-order valence-corrected chi connectivity index (χ4v) is 1.82. The summed E-state index contributed by atoms with van der Waals surface area (Å²) in [5.74, 6) is -0.146. The third-order valence-corrected chi connectivity index (χ3v) is 2.68. The van der Waals surface area contributed by atoms with E-state index in [1.54, 1.807) is 19.1 Å². The van der Waals surface area contributed by atoms with Crippen molar-refractivity contribution in [1.82, 2.24) is 4.90 Å². The fourth-order valence-electron chi connectivity index (χ4n) is 1.82. The van der Waals surface area contributed by atoms with E-state index in [9.17, 15) is 9.90 Å². The lowest BCUT2D eigenvalue weighted by Crippen LogP contribution is -2.34. The van der Waals surface area contributed by atoms with E-state index in [-0.39, 0.29) is 5.75 Å². The largest absolute Gasteiger partial charge is 0.508 e. The van der Waals surface area contributed by atoms with Crippen molar-refractivity contribution in [1.29, 1.82) is 0 Å². The highest BCUT2D eigenvalue weighted by atomic mass is 16.5. The van der Waals surface area contributed by atoms with Crippen LogP contribution in [0.1, 0.15) is 18.1 Å². The van der Waals surface area contributed by atoms with Gasteiger partial charge in [0.2, 0.25) is 0 Å². The molecule has 0 aliphatic heterocycles. The summed E-state index contributed by atoms with van der Waals surface area (Å²) in [5, 5.41) is 9.76. The van der Waals surface area contributed by atoms with Crippen LogP contribution in [0.5, 0.6) is 5.75 Å². The van der Waals surface area contributed by atoms with Gasteiger partial charge in [-0.1, -0.05) is 12.1 Å². The van der Waals surface area contributed by atoms with Crippen molar-refractivity contribution < 1.29 is 14.6 Å². The second-order valence-electron chi connectivity index (χ2n) is 4.76. The number of benzene rings is 1. The lowest BCUT2D eigenvalue weighted by molar-refractivity contribution is -0.144. The van der Waals surface area contributed by atoms with Crippen molar-refractivity contribution in [2.75, 3.05) is 20.7 Å². The number of nitrogens with zero attached hydrogens (tertiary/aromatic N) is 1. The molecule has 1 aromatic rings. The number of esters is 1. The fraction of sp³-hybridized carbons (Fsp3) is 0.500. The van der Waals surface area contributed by atoms with Crippen molar-refractivity contribution in [3.05, 3.63) is 29.3 Å². The Labute approximate surface area is 114 Å². The summed E-state index contributed by atoms with van der Waals surface area (Å²) in [6, 6.07) is 4.60. The zero-order valence-corrected chi connectivity index (χ0v) is 11.7. The van der Waals surface area contributed by atoms with Crippen LogP contribution in [0.3, 0.4) is 0 Å². The lowest BCUT2D eigenvalue weighted by atomic mass is 10.0. The van der Waals surface area contributed by atoms with Crippen LogP contribution in [0.25, 0.3) is 0 Å². The summed E-state index contributed by atoms with van der Waals surface area (Å²) >= 11 is 0. The van der Waals surface area contributed by atoms with E-state index in [0.29, 0.717) is 19.6 Å². The molecule has 0 aliphatic rings. The van der Waals surface area contributed by atoms with Gasteiger partial charge in [0.1, 0.15) is 11.8 Å².